The standard InChI is InChI=1S/C23H21N5S/c1-2-17(15-6-9-29-13-15)18-11-21(26-20(18)3-1)22-19-10-16(12-25-23(19)28-27-22)14-4-7-24-8-5-14/h1-3,6,9-14,24,26H,4-5,7-8H2,(H,25,27,28). The lowest BCUT2D eigenvalue weighted by Gasteiger charge is -2.22. The van der Waals surface area contributed by atoms with Crippen molar-refractivity contribution in [1.29, 1.82) is 0 Å². The molecule has 0 radical (unpaired) electrons. The quantitative estimate of drug-likeness (QED) is 0.385. The van der Waals surface area contributed by atoms with Crippen molar-refractivity contribution in [3.8, 4) is 22.5 Å². The summed E-state index contributed by atoms with van der Waals surface area (Å²) in [7, 11) is 0. The van der Waals surface area contributed by atoms with E-state index in [0.29, 0.717) is 5.92 Å². The Morgan fingerprint density at radius 2 is 1.97 bits per heavy atom. The fourth-order valence-electron chi connectivity index (χ4n) is 4.46. The minimum absolute atomic E-state index is 0.573. The van der Waals surface area contributed by atoms with Gasteiger partial charge in [-0.15, -0.1) is 0 Å². The number of aromatic amines is 2. The average molecular weight is 400 g/mol. The number of hydrogen-bond acceptors (Lipinski definition) is 4. The Hall–Kier alpha value is -2.96. The predicted octanol–water partition coefficient (Wildman–Crippen LogP) is 5.30. The Balaban J connectivity index is 1.48. The van der Waals surface area contributed by atoms with E-state index in [1.54, 1.807) is 11.3 Å². The largest absolute Gasteiger partial charge is 0.353 e. The van der Waals surface area contributed by atoms with Crippen LogP contribution in [0.1, 0.15) is 24.3 Å². The first-order valence-electron chi connectivity index (χ1n) is 10.1. The summed E-state index contributed by atoms with van der Waals surface area (Å²) in [5.41, 5.74) is 7.80. The van der Waals surface area contributed by atoms with Gasteiger partial charge in [0.05, 0.1) is 11.4 Å². The number of H-pyrrole nitrogens is 2. The van der Waals surface area contributed by atoms with Crippen molar-refractivity contribution < 1.29 is 0 Å². The van der Waals surface area contributed by atoms with E-state index in [9.17, 15) is 0 Å². The smallest absolute Gasteiger partial charge is 0.181 e. The molecule has 0 bridgehead atoms. The van der Waals surface area contributed by atoms with E-state index >= 15 is 0 Å². The molecule has 0 unspecified atom stereocenters. The lowest BCUT2D eigenvalue weighted by molar-refractivity contribution is 0.460. The fourth-order valence-corrected chi connectivity index (χ4v) is 5.11. The molecule has 6 rings (SSSR count). The summed E-state index contributed by atoms with van der Waals surface area (Å²) in [6.07, 6.45) is 4.33. The van der Waals surface area contributed by atoms with Crippen LogP contribution in [-0.2, 0) is 0 Å². The molecule has 4 aromatic heterocycles. The summed E-state index contributed by atoms with van der Waals surface area (Å²) >= 11 is 1.73. The highest BCUT2D eigenvalue weighted by atomic mass is 32.1. The molecule has 1 aromatic carbocycles. The third-order valence-corrected chi connectivity index (χ3v) is 6.69. The summed E-state index contributed by atoms with van der Waals surface area (Å²) in [5, 5.41) is 17.8. The van der Waals surface area contributed by atoms with Gasteiger partial charge < -0.3 is 10.3 Å². The van der Waals surface area contributed by atoms with Crippen molar-refractivity contribution >= 4 is 33.3 Å². The van der Waals surface area contributed by atoms with Crippen molar-refractivity contribution in [2.45, 2.75) is 18.8 Å². The van der Waals surface area contributed by atoms with Crippen molar-refractivity contribution in [2.75, 3.05) is 13.1 Å². The van der Waals surface area contributed by atoms with Crippen molar-refractivity contribution in [2.24, 2.45) is 0 Å². The Bertz CT molecular complexity index is 1290. The Morgan fingerprint density at radius 1 is 1.03 bits per heavy atom. The zero-order valence-electron chi connectivity index (χ0n) is 15.9. The van der Waals surface area contributed by atoms with E-state index in [1.165, 1.54) is 22.1 Å². The van der Waals surface area contributed by atoms with E-state index in [-0.39, 0.29) is 0 Å². The lowest BCUT2D eigenvalue weighted by atomic mass is 9.91. The molecular weight excluding hydrogens is 378 g/mol. The maximum absolute atomic E-state index is 4.64. The van der Waals surface area contributed by atoms with Crippen LogP contribution in [0.4, 0.5) is 0 Å². The number of pyridine rings is 1. The highest BCUT2D eigenvalue weighted by molar-refractivity contribution is 7.08. The summed E-state index contributed by atoms with van der Waals surface area (Å²) in [6.45, 7) is 2.16. The molecule has 0 amide bonds. The van der Waals surface area contributed by atoms with E-state index in [1.807, 2.05) is 6.20 Å². The topological polar surface area (TPSA) is 69.4 Å². The molecule has 0 atom stereocenters. The first kappa shape index (κ1) is 16.9. The summed E-state index contributed by atoms with van der Waals surface area (Å²) in [5.74, 6) is 0.573. The molecule has 1 fully saturated rings. The van der Waals surface area contributed by atoms with Crippen molar-refractivity contribution in [3.63, 3.8) is 0 Å². The molecule has 5 aromatic rings. The van der Waals surface area contributed by atoms with Crippen LogP contribution in [0.5, 0.6) is 0 Å². The highest BCUT2D eigenvalue weighted by Crippen LogP contribution is 2.35. The van der Waals surface area contributed by atoms with Gasteiger partial charge in [-0.25, -0.2) is 4.98 Å². The second-order valence-corrected chi connectivity index (χ2v) is 8.50. The van der Waals surface area contributed by atoms with Gasteiger partial charge in [0.15, 0.2) is 5.65 Å². The van der Waals surface area contributed by atoms with Crippen LogP contribution in [0.3, 0.4) is 0 Å². The van der Waals surface area contributed by atoms with Crippen LogP contribution in [0.15, 0.2) is 53.4 Å². The lowest BCUT2D eigenvalue weighted by Crippen LogP contribution is -2.26. The molecule has 29 heavy (non-hydrogen) atoms. The molecule has 0 spiro atoms. The number of aromatic nitrogens is 4. The average Bonchev–Trinajstić information content (AvgIpc) is 3.52. The molecule has 3 N–H and O–H groups in total. The number of rotatable bonds is 3. The molecule has 5 heterocycles. The van der Waals surface area contributed by atoms with Crippen LogP contribution in [0.25, 0.3) is 44.5 Å². The minimum atomic E-state index is 0.573. The van der Waals surface area contributed by atoms with E-state index in [0.717, 1.165) is 53.9 Å². The summed E-state index contributed by atoms with van der Waals surface area (Å²) < 4.78 is 0. The minimum Gasteiger partial charge on any atom is -0.353 e. The Labute approximate surface area is 172 Å². The predicted molar refractivity (Wildman–Crippen MR) is 119 cm³/mol. The maximum atomic E-state index is 4.64. The number of thiophene rings is 1. The Morgan fingerprint density at radius 3 is 2.83 bits per heavy atom. The number of benzene rings is 1. The third kappa shape index (κ3) is 2.87. The molecule has 1 saturated heterocycles. The van der Waals surface area contributed by atoms with Gasteiger partial charge in [-0.2, -0.15) is 16.4 Å². The summed E-state index contributed by atoms with van der Waals surface area (Å²) in [6, 6.07) is 13.1. The van der Waals surface area contributed by atoms with E-state index in [2.05, 4.69) is 72.6 Å². The first-order chi connectivity index (χ1) is 14.4. The normalized spacial score (nSPS) is 15.4. The molecular formula is C23H21N5S. The van der Waals surface area contributed by atoms with Crippen LogP contribution in [-0.4, -0.2) is 33.3 Å². The van der Waals surface area contributed by atoms with Crippen LogP contribution in [0, 0.1) is 0 Å². The molecule has 1 aliphatic heterocycles. The van der Waals surface area contributed by atoms with Gasteiger partial charge in [0.1, 0.15) is 0 Å². The number of hydrogen-bond donors (Lipinski definition) is 3. The van der Waals surface area contributed by atoms with Crippen LogP contribution >= 0.6 is 11.3 Å². The van der Waals surface area contributed by atoms with E-state index < -0.39 is 0 Å². The Kier molecular flexibility index (Phi) is 3.99. The van der Waals surface area contributed by atoms with Gasteiger partial charge in [0.2, 0.25) is 0 Å². The van der Waals surface area contributed by atoms with Gasteiger partial charge in [-0.1, -0.05) is 12.1 Å². The SMILES string of the molecule is c1cc(-c2ccsc2)c2cc(-c3[nH]nc4ncc(C5CCNCC5)cc34)[nH]c2c1. The zero-order chi connectivity index (χ0) is 19.2. The second kappa shape index (κ2) is 6.83. The maximum Gasteiger partial charge on any atom is 0.181 e. The monoisotopic (exact) mass is 399 g/mol. The van der Waals surface area contributed by atoms with Crippen molar-refractivity contribution in [3.05, 3.63) is 58.9 Å². The van der Waals surface area contributed by atoms with Crippen molar-refractivity contribution in [1.82, 2.24) is 25.5 Å². The fraction of sp³-hybridized carbons (Fsp3) is 0.217. The van der Waals surface area contributed by atoms with Gasteiger partial charge >= 0.3 is 0 Å². The molecule has 1 aliphatic rings. The molecule has 144 valence electrons. The highest BCUT2D eigenvalue weighted by Gasteiger charge is 2.19. The molecule has 0 aliphatic carbocycles. The number of nitrogens with zero attached hydrogens (tertiary/aromatic N) is 2. The number of fused-ring (bicyclic) bond motifs is 2. The van der Waals surface area contributed by atoms with Gasteiger partial charge in [0, 0.05) is 22.5 Å². The first-order valence-corrected chi connectivity index (χ1v) is 11.0. The van der Waals surface area contributed by atoms with Gasteiger partial charge in [0.25, 0.3) is 0 Å². The van der Waals surface area contributed by atoms with Gasteiger partial charge in [-0.3, -0.25) is 5.10 Å². The van der Waals surface area contributed by atoms with E-state index in [4.69, 9.17) is 0 Å². The molecule has 6 heteroatoms. The van der Waals surface area contributed by atoms with Gasteiger partial charge in [-0.05, 0) is 83.6 Å². The third-order valence-electron chi connectivity index (χ3n) is 6.01. The molecule has 5 nitrogen and oxygen atoms in total. The van der Waals surface area contributed by atoms with Crippen LogP contribution in [0.2, 0.25) is 0 Å². The molecule has 0 saturated carbocycles. The van der Waals surface area contributed by atoms with Crippen LogP contribution < -0.4 is 5.32 Å². The zero-order valence-corrected chi connectivity index (χ0v) is 16.7. The number of piperidine rings is 1. The summed E-state index contributed by atoms with van der Waals surface area (Å²) in [4.78, 5) is 8.23. The number of nitrogens with one attached hydrogen (secondary N) is 3. The second-order valence-electron chi connectivity index (χ2n) is 7.72.